The number of nitrogens with zero attached hydrogens (tertiary/aromatic N) is 2. The minimum Gasteiger partial charge on any atom is -0.481 e. The smallest absolute Gasteiger partial charge is 0.320 e. The van der Waals surface area contributed by atoms with E-state index in [4.69, 9.17) is 5.11 Å². The van der Waals surface area contributed by atoms with Crippen LogP contribution in [-0.4, -0.2) is 53.6 Å². The summed E-state index contributed by atoms with van der Waals surface area (Å²) in [5, 5.41) is 8.61. The van der Waals surface area contributed by atoms with Crippen LogP contribution in [0.25, 0.3) is 0 Å². The minimum absolute atomic E-state index is 0.137. The highest BCUT2D eigenvalue weighted by Crippen LogP contribution is 2.16. The molecule has 0 saturated carbocycles. The van der Waals surface area contributed by atoms with Gasteiger partial charge < -0.3 is 14.9 Å². The molecule has 0 aromatic heterocycles. The number of amides is 2. The number of likely N-dealkylation sites (N-methyl/N-ethyl adjacent to an activating group) is 1. The lowest BCUT2D eigenvalue weighted by Crippen LogP contribution is -2.56. The third-order valence-corrected chi connectivity index (χ3v) is 2.23. The van der Waals surface area contributed by atoms with Crippen molar-refractivity contribution in [3.05, 3.63) is 12.7 Å². The summed E-state index contributed by atoms with van der Waals surface area (Å²) in [6, 6.07) is -0.137. The van der Waals surface area contributed by atoms with Crippen molar-refractivity contribution in [3.63, 3.8) is 0 Å². The maximum atomic E-state index is 11.5. The van der Waals surface area contributed by atoms with Crippen LogP contribution in [0.4, 0.5) is 4.79 Å². The molecule has 0 aromatic rings. The molecule has 78 valence electrons. The Morgan fingerprint density at radius 1 is 1.64 bits per heavy atom. The fourth-order valence-corrected chi connectivity index (χ4v) is 1.30. The Morgan fingerprint density at radius 2 is 2.21 bits per heavy atom. The third-order valence-electron chi connectivity index (χ3n) is 2.23. The topological polar surface area (TPSA) is 60.9 Å². The van der Waals surface area contributed by atoms with Crippen LogP contribution in [0.15, 0.2) is 12.7 Å². The Morgan fingerprint density at radius 3 is 2.64 bits per heavy atom. The number of urea groups is 1. The van der Waals surface area contributed by atoms with Gasteiger partial charge in [-0.15, -0.1) is 6.58 Å². The number of rotatable bonds is 3. The van der Waals surface area contributed by atoms with Gasteiger partial charge in [0.25, 0.3) is 0 Å². The zero-order valence-corrected chi connectivity index (χ0v) is 8.14. The van der Waals surface area contributed by atoms with Crippen molar-refractivity contribution in [1.29, 1.82) is 0 Å². The first-order chi connectivity index (χ1) is 6.56. The van der Waals surface area contributed by atoms with Crippen LogP contribution < -0.4 is 0 Å². The molecule has 0 aromatic carbocycles. The van der Waals surface area contributed by atoms with E-state index in [1.54, 1.807) is 13.1 Å². The second kappa shape index (κ2) is 4.13. The van der Waals surface area contributed by atoms with Crippen molar-refractivity contribution in [2.75, 3.05) is 26.7 Å². The standard InChI is InChI=1S/C9H14N2O3/c1-3-4-10(2)9(14)11-5-7(6-11)8(12)13/h3,7H,1,4-6H2,2H3,(H,12,13). The Labute approximate surface area is 82.6 Å². The van der Waals surface area contributed by atoms with Gasteiger partial charge in [0.2, 0.25) is 0 Å². The molecule has 1 saturated heterocycles. The van der Waals surface area contributed by atoms with Crippen molar-refractivity contribution in [1.82, 2.24) is 9.80 Å². The summed E-state index contributed by atoms with van der Waals surface area (Å²) in [4.78, 5) is 25.0. The number of carboxylic acid groups (broad SMARTS) is 1. The van der Waals surface area contributed by atoms with Gasteiger partial charge >= 0.3 is 12.0 Å². The van der Waals surface area contributed by atoms with Crippen molar-refractivity contribution < 1.29 is 14.7 Å². The number of likely N-dealkylation sites (tertiary alicyclic amines) is 1. The van der Waals surface area contributed by atoms with E-state index >= 15 is 0 Å². The van der Waals surface area contributed by atoms with E-state index in [1.807, 2.05) is 0 Å². The van der Waals surface area contributed by atoms with E-state index in [-0.39, 0.29) is 6.03 Å². The molecule has 0 atom stereocenters. The molecule has 1 rings (SSSR count). The van der Waals surface area contributed by atoms with Crippen molar-refractivity contribution in [3.8, 4) is 0 Å². The first kappa shape index (κ1) is 10.6. The maximum absolute atomic E-state index is 11.5. The van der Waals surface area contributed by atoms with Crippen molar-refractivity contribution in [2.45, 2.75) is 0 Å². The molecule has 1 fully saturated rings. The number of carbonyl (C=O) groups excluding carboxylic acids is 1. The number of hydrogen-bond donors (Lipinski definition) is 1. The third kappa shape index (κ3) is 2.04. The van der Waals surface area contributed by atoms with Gasteiger partial charge in [0.1, 0.15) is 0 Å². The fraction of sp³-hybridized carbons (Fsp3) is 0.556. The lowest BCUT2D eigenvalue weighted by atomic mass is 10.0. The molecule has 1 heterocycles. The van der Waals surface area contributed by atoms with Gasteiger partial charge in [0, 0.05) is 26.7 Å². The van der Waals surface area contributed by atoms with Crippen LogP contribution in [0.5, 0.6) is 0 Å². The Kier molecular flexibility index (Phi) is 3.11. The molecule has 5 nitrogen and oxygen atoms in total. The van der Waals surface area contributed by atoms with E-state index in [0.29, 0.717) is 19.6 Å². The molecule has 1 N–H and O–H groups in total. The average Bonchev–Trinajstić information content (AvgIpc) is 2.00. The van der Waals surface area contributed by atoms with E-state index in [2.05, 4.69) is 6.58 Å². The Balaban J connectivity index is 2.35. The first-order valence-corrected chi connectivity index (χ1v) is 4.40. The molecule has 0 spiro atoms. The molecule has 1 aliphatic heterocycles. The average molecular weight is 198 g/mol. The summed E-state index contributed by atoms with van der Waals surface area (Å²) >= 11 is 0. The molecule has 14 heavy (non-hydrogen) atoms. The van der Waals surface area contributed by atoms with Crippen molar-refractivity contribution >= 4 is 12.0 Å². The summed E-state index contributed by atoms with van der Waals surface area (Å²) in [6.45, 7) is 4.63. The molecule has 2 amide bonds. The summed E-state index contributed by atoms with van der Waals surface area (Å²) in [5.74, 6) is -1.23. The van der Waals surface area contributed by atoms with Crippen LogP contribution in [0, 0.1) is 5.92 Å². The van der Waals surface area contributed by atoms with Gasteiger partial charge in [0.15, 0.2) is 0 Å². The van der Waals surface area contributed by atoms with E-state index in [9.17, 15) is 9.59 Å². The highest BCUT2D eigenvalue weighted by atomic mass is 16.4. The molecular weight excluding hydrogens is 184 g/mol. The molecule has 1 aliphatic rings. The normalized spacial score (nSPS) is 15.9. The van der Waals surface area contributed by atoms with Crippen LogP contribution in [-0.2, 0) is 4.79 Å². The number of carboxylic acids is 1. The molecule has 5 heteroatoms. The van der Waals surface area contributed by atoms with Gasteiger partial charge in [-0.05, 0) is 0 Å². The molecule has 0 unspecified atom stereocenters. The second-order valence-electron chi connectivity index (χ2n) is 3.39. The summed E-state index contributed by atoms with van der Waals surface area (Å²) in [6.07, 6.45) is 1.63. The van der Waals surface area contributed by atoms with E-state index in [0.717, 1.165) is 0 Å². The fourth-order valence-electron chi connectivity index (χ4n) is 1.30. The zero-order valence-electron chi connectivity index (χ0n) is 8.14. The highest BCUT2D eigenvalue weighted by Gasteiger charge is 2.36. The second-order valence-corrected chi connectivity index (χ2v) is 3.39. The molecule has 0 radical (unpaired) electrons. The van der Waals surface area contributed by atoms with E-state index in [1.165, 1.54) is 9.80 Å². The maximum Gasteiger partial charge on any atom is 0.320 e. The molecule has 0 bridgehead atoms. The number of hydrogen-bond acceptors (Lipinski definition) is 2. The Hall–Kier alpha value is -1.52. The van der Waals surface area contributed by atoms with E-state index < -0.39 is 11.9 Å². The largest absolute Gasteiger partial charge is 0.481 e. The zero-order chi connectivity index (χ0) is 10.7. The monoisotopic (exact) mass is 198 g/mol. The number of aliphatic carboxylic acids is 1. The molecule has 0 aliphatic carbocycles. The van der Waals surface area contributed by atoms with Crippen LogP contribution in [0.3, 0.4) is 0 Å². The summed E-state index contributed by atoms with van der Waals surface area (Å²) in [5.41, 5.74) is 0. The predicted octanol–water partition coefficient (Wildman–Crippen LogP) is 0.241. The minimum atomic E-state index is -0.833. The first-order valence-electron chi connectivity index (χ1n) is 4.40. The van der Waals surface area contributed by atoms with Gasteiger partial charge in [-0.3, -0.25) is 4.79 Å². The van der Waals surface area contributed by atoms with Gasteiger partial charge in [0.05, 0.1) is 5.92 Å². The van der Waals surface area contributed by atoms with Crippen LogP contribution >= 0.6 is 0 Å². The van der Waals surface area contributed by atoms with Crippen molar-refractivity contribution in [2.24, 2.45) is 5.92 Å². The Bertz CT molecular complexity index is 259. The predicted molar refractivity (Wildman–Crippen MR) is 50.9 cm³/mol. The number of carbonyl (C=O) groups is 2. The molecular formula is C9H14N2O3. The van der Waals surface area contributed by atoms with Gasteiger partial charge in [-0.25, -0.2) is 4.79 Å². The summed E-state index contributed by atoms with van der Waals surface area (Å²) in [7, 11) is 1.66. The highest BCUT2D eigenvalue weighted by molar-refractivity contribution is 5.79. The van der Waals surface area contributed by atoms with Crippen LogP contribution in [0.2, 0.25) is 0 Å². The lowest BCUT2D eigenvalue weighted by Gasteiger charge is -2.38. The lowest BCUT2D eigenvalue weighted by molar-refractivity contribution is -0.146. The quantitative estimate of drug-likeness (QED) is 0.661. The summed E-state index contributed by atoms with van der Waals surface area (Å²) < 4.78 is 0. The van der Waals surface area contributed by atoms with Gasteiger partial charge in [-0.2, -0.15) is 0 Å². The van der Waals surface area contributed by atoms with Gasteiger partial charge in [-0.1, -0.05) is 6.08 Å². The SMILES string of the molecule is C=CCN(C)C(=O)N1CC(C(=O)O)C1. The van der Waals surface area contributed by atoms with Crippen LogP contribution in [0.1, 0.15) is 0 Å².